The smallest absolute Gasteiger partial charge is 0.303 e. The maximum atomic E-state index is 10.0. The molecule has 0 aromatic heterocycles. The van der Waals surface area contributed by atoms with Crippen molar-refractivity contribution in [1.82, 2.24) is 0 Å². The molecule has 0 rings (SSSR count). The summed E-state index contributed by atoms with van der Waals surface area (Å²) < 4.78 is 0. The van der Waals surface area contributed by atoms with E-state index in [9.17, 15) is 4.79 Å². The summed E-state index contributed by atoms with van der Waals surface area (Å²) in [5, 5.41) is 8.27. The molecule has 0 aromatic carbocycles. The van der Waals surface area contributed by atoms with Crippen molar-refractivity contribution in [1.29, 1.82) is 0 Å². The number of aliphatic carboxylic acids is 1. The zero-order valence-electron chi connectivity index (χ0n) is 7.01. The molecule has 0 heterocycles. The molecule has 0 aromatic rings. The first-order valence-electron chi connectivity index (χ1n) is 3.99. The number of carboxylic acids is 1. The maximum Gasteiger partial charge on any atom is 0.303 e. The van der Waals surface area contributed by atoms with Crippen LogP contribution >= 0.6 is 0 Å². The van der Waals surface area contributed by atoms with Crippen molar-refractivity contribution in [3.05, 3.63) is 0 Å². The van der Waals surface area contributed by atoms with Crippen molar-refractivity contribution in [3.8, 4) is 0 Å². The molecule has 2 nitrogen and oxygen atoms in total. The Morgan fingerprint density at radius 2 is 1.73 bits per heavy atom. The second kappa shape index (κ2) is 10.8. The molecule has 0 saturated heterocycles. The van der Waals surface area contributed by atoms with E-state index in [4.69, 9.17) is 5.11 Å². The van der Waals surface area contributed by atoms with Crippen molar-refractivity contribution in [2.75, 3.05) is 0 Å². The molecular weight excluding hydrogens is 278 g/mol. The van der Waals surface area contributed by atoms with Gasteiger partial charge in [-0.05, 0) is 6.42 Å². The summed E-state index contributed by atoms with van der Waals surface area (Å²) >= 11 is 0. The third kappa shape index (κ3) is 13.8. The Balaban J connectivity index is 0. The largest absolute Gasteiger partial charge is 0.481 e. The van der Waals surface area contributed by atoms with E-state index in [2.05, 4.69) is 6.92 Å². The van der Waals surface area contributed by atoms with Gasteiger partial charge in [-0.1, -0.05) is 32.6 Å². The predicted octanol–water partition coefficient (Wildman–Crippen LogP) is 2.43. The van der Waals surface area contributed by atoms with Crippen LogP contribution in [0.2, 0.25) is 0 Å². The van der Waals surface area contributed by atoms with Crippen LogP contribution in [0.15, 0.2) is 0 Å². The van der Waals surface area contributed by atoms with E-state index >= 15 is 0 Å². The van der Waals surface area contributed by atoms with Gasteiger partial charge in [0, 0.05) is 46.8 Å². The third-order valence-electron chi connectivity index (χ3n) is 1.49. The van der Waals surface area contributed by atoms with Gasteiger partial charge in [0.1, 0.15) is 0 Å². The van der Waals surface area contributed by atoms with Crippen LogP contribution < -0.4 is 0 Å². The molecule has 0 aliphatic heterocycles. The fourth-order valence-electron chi connectivity index (χ4n) is 0.880. The van der Waals surface area contributed by atoms with Gasteiger partial charge < -0.3 is 5.11 Å². The monoisotopic (exact) mass is 296 g/mol. The van der Waals surface area contributed by atoms with Gasteiger partial charge in [0.05, 0.1) is 0 Å². The number of hydrogen-bond acceptors (Lipinski definition) is 1. The molecule has 3 heteroatoms. The molecule has 0 unspecified atom stereocenters. The van der Waals surface area contributed by atoms with Crippen LogP contribution in [0.5, 0.6) is 0 Å². The van der Waals surface area contributed by atoms with Crippen LogP contribution in [0.25, 0.3) is 0 Å². The van der Waals surface area contributed by atoms with E-state index in [0.29, 0.717) is 6.42 Å². The molecule has 0 saturated carbocycles. The summed E-state index contributed by atoms with van der Waals surface area (Å²) in [5.74, 6) is -0.670. The SMILES string of the molecule is CCCCCCCC(=O)O.[Sm]. The zero-order valence-corrected chi connectivity index (χ0v) is 9.63. The molecule has 1 N–H and O–H groups in total. The van der Waals surface area contributed by atoms with Crippen LogP contribution in [0.4, 0.5) is 0 Å². The van der Waals surface area contributed by atoms with E-state index in [1.807, 2.05) is 0 Å². The van der Waals surface area contributed by atoms with E-state index in [1.165, 1.54) is 19.3 Å². The van der Waals surface area contributed by atoms with Crippen LogP contribution in [-0.4, -0.2) is 11.1 Å². The summed E-state index contributed by atoms with van der Waals surface area (Å²) in [6.07, 6.45) is 5.88. The first-order valence-corrected chi connectivity index (χ1v) is 3.99. The zero-order chi connectivity index (χ0) is 7.82. The number of hydrogen-bond donors (Lipinski definition) is 1. The van der Waals surface area contributed by atoms with Gasteiger partial charge in [-0.15, -0.1) is 0 Å². The van der Waals surface area contributed by atoms with Crippen molar-refractivity contribution < 1.29 is 50.3 Å². The Morgan fingerprint density at radius 3 is 2.18 bits per heavy atom. The Labute approximate surface area is 101 Å². The number of carbonyl (C=O) groups is 1. The fourth-order valence-corrected chi connectivity index (χ4v) is 0.880. The topological polar surface area (TPSA) is 37.3 Å². The van der Waals surface area contributed by atoms with Crippen LogP contribution in [0.1, 0.15) is 45.4 Å². The Morgan fingerprint density at radius 1 is 1.18 bits per heavy atom. The molecule has 0 aliphatic carbocycles. The quantitative estimate of drug-likeness (QED) is 0.764. The average molecular weight is 295 g/mol. The minimum atomic E-state index is -0.670. The first-order chi connectivity index (χ1) is 4.77. The normalized spacial score (nSPS) is 8.82. The second-order valence-electron chi connectivity index (χ2n) is 2.56. The average Bonchev–Trinajstić information content (AvgIpc) is 1.87. The fraction of sp³-hybridized carbons (Fsp3) is 0.875. The number of rotatable bonds is 6. The Hall–Kier alpha value is 0.808. The molecule has 0 atom stereocenters. The van der Waals surface area contributed by atoms with Crippen LogP contribution in [0.3, 0.4) is 0 Å². The first kappa shape index (κ1) is 14.3. The third-order valence-corrected chi connectivity index (χ3v) is 1.49. The molecule has 0 aliphatic rings. The molecule has 11 heavy (non-hydrogen) atoms. The predicted molar refractivity (Wildman–Crippen MR) is 41.0 cm³/mol. The second-order valence-corrected chi connectivity index (χ2v) is 2.56. The molecule has 0 fully saturated rings. The van der Waals surface area contributed by atoms with Gasteiger partial charge in [-0.2, -0.15) is 0 Å². The minimum Gasteiger partial charge on any atom is -0.481 e. The summed E-state index contributed by atoms with van der Waals surface area (Å²) in [6, 6.07) is 0. The van der Waals surface area contributed by atoms with Crippen molar-refractivity contribution in [3.63, 3.8) is 0 Å². The number of carboxylic acid groups (broad SMARTS) is 1. The van der Waals surface area contributed by atoms with Gasteiger partial charge in [0.25, 0.3) is 0 Å². The molecule has 66 valence electrons. The van der Waals surface area contributed by atoms with Gasteiger partial charge >= 0.3 is 5.97 Å². The van der Waals surface area contributed by atoms with Crippen molar-refractivity contribution in [2.45, 2.75) is 45.4 Å². The minimum absolute atomic E-state index is 0. The molecular formula is C8H16O2Sm. The summed E-state index contributed by atoms with van der Waals surface area (Å²) in [7, 11) is 0. The van der Waals surface area contributed by atoms with Gasteiger partial charge in [-0.3, -0.25) is 4.79 Å². The van der Waals surface area contributed by atoms with E-state index in [-0.39, 0.29) is 40.4 Å². The van der Waals surface area contributed by atoms with Gasteiger partial charge in [-0.25, -0.2) is 0 Å². The Kier molecular flexibility index (Phi) is 14.1. The van der Waals surface area contributed by atoms with E-state index in [0.717, 1.165) is 12.8 Å². The van der Waals surface area contributed by atoms with Crippen LogP contribution in [-0.2, 0) is 4.79 Å². The summed E-state index contributed by atoms with van der Waals surface area (Å²) in [6.45, 7) is 2.15. The van der Waals surface area contributed by atoms with Crippen molar-refractivity contribution in [2.24, 2.45) is 0 Å². The Bertz CT molecular complexity index is 94.1. The van der Waals surface area contributed by atoms with Crippen LogP contribution in [0, 0.1) is 40.4 Å². The van der Waals surface area contributed by atoms with E-state index < -0.39 is 5.97 Å². The van der Waals surface area contributed by atoms with E-state index in [1.54, 1.807) is 0 Å². The van der Waals surface area contributed by atoms with Gasteiger partial charge in [0.2, 0.25) is 0 Å². The van der Waals surface area contributed by atoms with Crippen molar-refractivity contribution >= 4 is 5.97 Å². The molecule has 0 amide bonds. The standard InChI is InChI=1S/C8H16O2.Sm/c1-2-3-4-5-6-7-8(9)10;/h2-7H2,1H3,(H,9,10);. The summed E-state index contributed by atoms with van der Waals surface area (Å²) in [5.41, 5.74) is 0. The molecule has 0 radical (unpaired) electrons. The maximum absolute atomic E-state index is 10.0. The molecule has 0 spiro atoms. The number of unbranched alkanes of at least 4 members (excludes halogenated alkanes) is 4. The molecule has 0 bridgehead atoms. The summed E-state index contributed by atoms with van der Waals surface area (Å²) in [4.78, 5) is 10.0. The van der Waals surface area contributed by atoms with Gasteiger partial charge in [0.15, 0.2) is 0 Å².